The quantitative estimate of drug-likeness (QED) is 0.800. The Kier molecular flexibility index (Phi) is 6.62. The summed E-state index contributed by atoms with van der Waals surface area (Å²) < 4.78 is 11.8. The molecule has 0 aliphatic rings. The number of benzene rings is 2. The van der Waals surface area contributed by atoms with E-state index in [0.29, 0.717) is 13.2 Å². The predicted molar refractivity (Wildman–Crippen MR) is 93.2 cm³/mol. The minimum Gasteiger partial charge on any atom is -0.497 e. The van der Waals surface area contributed by atoms with Crippen LogP contribution in [0.5, 0.6) is 5.75 Å². The summed E-state index contributed by atoms with van der Waals surface area (Å²) in [5.74, 6) is 0.647. The second-order valence-electron chi connectivity index (χ2n) is 5.15. The molecule has 0 aliphatic heterocycles. The molecule has 23 heavy (non-hydrogen) atoms. The van der Waals surface area contributed by atoms with E-state index >= 15 is 0 Å². The molecule has 0 aliphatic carbocycles. The highest BCUT2D eigenvalue weighted by molar-refractivity contribution is 9.10. The van der Waals surface area contributed by atoms with Crippen LogP contribution in [0.1, 0.15) is 18.1 Å². The number of carbonyl (C=O) groups excluding carboxylic acids is 1. The molecule has 0 saturated heterocycles. The van der Waals surface area contributed by atoms with Crippen molar-refractivity contribution in [2.24, 2.45) is 0 Å². The molecule has 122 valence electrons. The maximum Gasteiger partial charge on any atom is 0.249 e. The lowest BCUT2D eigenvalue weighted by Gasteiger charge is -2.14. The third-order valence-electron chi connectivity index (χ3n) is 3.38. The summed E-state index contributed by atoms with van der Waals surface area (Å²) in [5, 5.41) is 2.87. The fourth-order valence-electron chi connectivity index (χ4n) is 1.99. The summed E-state index contributed by atoms with van der Waals surface area (Å²) in [6.07, 6.45) is -0.517. The lowest BCUT2D eigenvalue weighted by atomic mass is 10.2. The topological polar surface area (TPSA) is 47.6 Å². The lowest BCUT2D eigenvalue weighted by molar-refractivity contribution is -0.132. The van der Waals surface area contributed by atoms with Crippen LogP contribution >= 0.6 is 15.9 Å². The van der Waals surface area contributed by atoms with Gasteiger partial charge in [-0.2, -0.15) is 0 Å². The van der Waals surface area contributed by atoms with Gasteiger partial charge >= 0.3 is 0 Å². The maximum absolute atomic E-state index is 12.1. The zero-order valence-electron chi connectivity index (χ0n) is 13.2. The molecule has 0 saturated carbocycles. The standard InChI is InChI=1S/C18H20BrNO3/c1-13(23-12-15-4-3-5-17(10-15)22-2)18(21)20-11-14-6-8-16(19)9-7-14/h3-10,13H,11-12H2,1-2H3,(H,20,21). The zero-order chi connectivity index (χ0) is 16.7. The average Bonchev–Trinajstić information content (AvgIpc) is 2.59. The van der Waals surface area contributed by atoms with E-state index in [2.05, 4.69) is 21.2 Å². The smallest absolute Gasteiger partial charge is 0.249 e. The van der Waals surface area contributed by atoms with Crippen LogP contribution in [0.3, 0.4) is 0 Å². The molecule has 0 heterocycles. The average molecular weight is 378 g/mol. The van der Waals surface area contributed by atoms with Gasteiger partial charge in [-0.3, -0.25) is 4.79 Å². The van der Waals surface area contributed by atoms with E-state index in [1.165, 1.54) is 0 Å². The molecule has 1 unspecified atom stereocenters. The zero-order valence-corrected chi connectivity index (χ0v) is 14.8. The first-order valence-electron chi connectivity index (χ1n) is 7.35. The Labute approximate surface area is 144 Å². The van der Waals surface area contributed by atoms with Gasteiger partial charge in [0.25, 0.3) is 0 Å². The number of halogens is 1. The van der Waals surface area contributed by atoms with Crippen LogP contribution in [0, 0.1) is 0 Å². The summed E-state index contributed by atoms with van der Waals surface area (Å²) in [5.41, 5.74) is 2.01. The third kappa shape index (κ3) is 5.69. The Hall–Kier alpha value is -1.85. The predicted octanol–water partition coefficient (Wildman–Crippen LogP) is 3.68. The van der Waals surface area contributed by atoms with E-state index in [1.54, 1.807) is 14.0 Å². The second kappa shape index (κ2) is 8.70. The normalized spacial score (nSPS) is 11.8. The number of amides is 1. The van der Waals surface area contributed by atoms with Gasteiger partial charge in [-0.1, -0.05) is 40.2 Å². The van der Waals surface area contributed by atoms with Crippen molar-refractivity contribution in [1.82, 2.24) is 5.32 Å². The molecule has 4 nitrogen and oxygen atoms in total. The van der Waals surface area contributed by atoms with Gasteiger partial charge in [0.1, 0.15) is 11.9 Å². The molecule has 2 aromatic rings. The van der Waals surface area contributed by atoms with Gasteiger partial charge < -0.3 is 14.8 Å². The van der Waals surface area contributed by atoms with Crippen molar-refractivity contribution in [2.75, 3.05) is 7.11 Å². The molecule has 1 N–H and O–H groups in total. The number of ether oxygens (including phenoxy) is 2. The summed E-state index contributed by atoms with van der Waals surface area (Å²) in [7, 11) is 1.62. The molecule has 2 rings (SSSR count). The van der Waals surface area contributed by atoms with Crippen molar-refractivity contribution in [3.63, 3.8) is 0 Å². The fraction of sp³-hybridized carbons (Fsp3) is 0.278. The van der Waals surface area contributed by atoms with E-state index in [1.807, 2.05) is 48.5 Å². The third-order valence-corrected chi connectivity index (χ3v) is 3.91. The van der Waals surface area contributed by atoms with Crippen LogP contribution in [0.2, 0.25) is 0 Å². The van der Waals surface area contributed by atoms with E-state index in [0.717, 1.165) is 21.3 Å². The molecule has 0 spiro atoms. The van der Waals surface area contributed by atoms with Crippen LogP contribution in [-0.2, 0) is 22.7 Å². The van der Waals surface area contributed by atoms with Crippen LogP contribution < -0.4 is 10.1 Å². The highest BCUT2D eigenvalue weighted by atomic mass is 79.9. The minimum absolute atomic E-state index is 0.129. The van der Waals surface area contributed by atoms with E-state index in [4.69, 9.17) is 9.47 Å². The van der Waals surface area contributed by atoms with E-state index < -0.39 is 6.10 Å². The first-order valence-corrected chi connectivity index (χ1v) is 8.14. The fourth-order valence-corrected chi connectivity index (χ4v) is 2.26. The molecule has 1 amide bonds. The van der Waals surface area contributed by atoms with Gasteiger partial charge in [0.2, 0.25) is 5.91 Å². The van der Waals surface area contributed by atoms with Crippen molar-refractivity contribution in [2.45, 2.75) is 26.2 Å². The summed E-state index contributed by atoms with van der Waals surface area (Å²) in [4.78, 5) is 12.1. The molecular formula is C18H20BrNO3. The monoisotopic (exact) mass is 377 g/mol. The van der Waals surface area contributed by atoms with Gasteiger partial charge in [0, 0.05) is 11.0 Å². The number of hydrogen-bond donors (Lipinski definition) is 1. The Morgan fingerprint density at radius 1 is 1.17 bits per heavy atom. The molecule has 0 bridgehead atoms. The van der Waals surface area contributed by atoms with Crippen LogP contribution in [0.4, 0.5) is 0 Å². The highest BCUT2D eigenvalue weighted by Crippen LogP contribution is 2.14. The Bertz CT molecular complexity index is 643. The first-order chi connectivity index (χ1) is 11.1. The number of rotatable bonds is 7. The van der Waals surface area contributed by atoms with Crippen LogP contribution in [0.15, 0.2) is 53.0 Å². The van der Waals surface area contributed by atoms with Crippen LogP contribution in [0.25, 0.3) is 0 Å². The number of methoxy groups -OCH3 is 1. The molecule has 0 aromatic heterocycles. The molecule has 5 heteroatoms. The molecule has 0 radical (unpaired) electrons. The van der Waals surface area contributed by atoms with Crippen molar-refractivity contribution in [1.29, 1.82) is 0 Å². The van der Waals surface area contributed by atoms with Crippen molar-refractivity contribution < 1.29 is 14.3 Å². The Balaban J connectivity index is 1.79. The summed E-state index contributed by atoms with van der Waals surface area (Å²) >= 11 is 3.39. The van der Waals surface area contributed by atoms with Gasteiger partial charge in [0.05, 0.1) is 13.7 Å². The van der Waals surface area contributed by atoms with Gasteiger partial charge in [-0.25, -0.2) is 0 Å². The molecule has 1 atom stereocenters. The van der Waals surface area contributed by atoms with Crippen LogP contribution in [-0.4, -0.2) is 19.1 Å². The van der Waals surface area contributed by atoms with E-state index in [9.17, 15) is 4.79 Å². The van der Waals surface area contributed by atoms with Crippen molar-refractivity contribution in [3.05, 3.63) is 64.1 Å². The number of nitrogens with one attached hydrogen (secondary N) is 1. The molecule has 0 fully saturated rings. The molecular weight excluding hydrogens is 358 g/mol. The van der Waals surface area contributed by atoms with E-state index in [-0.39, 0.29) is 5.91 Å². The molecule has 2 aromatic carbocycles. The number of carbonyl (C=O) groups is 1. The highest BCUT2D eigenvalue weighted by Gasteiger charge is 2.13. The largest absolute Gasteiger partial charge is 0.497 e. The SMILES string of the molecule is COc1cccc(COC(C)C(=O)NCc2ccc(Br)cc2)c1. The Morgan fingerprint density at radius 3 is 2.61 bits per heavy atom. The summed E-state index contributed by atoms with van der Waals surface area (Å²) in [6.45, 7) is 2.60. The van der Waals surface area contributed by atoms with Crippen molar-refractivity contribution >= 4 is 21.8 Å². The van der Waals surface area contributed by atoms with Gasteiger partial charge in [-0.15, -0.1) is 0 Å². The Morgan fingerprint density at radius 2 is 1.91 bits per heavy atom. The lowest BCUT2D eigenvalue weighted by Crippen LogP contribution is -2.33. The number of hydrogen-bond acceptors (Lipinski definition) is 3. The minimum atomic E-state index is -0.517. The van der Waals surface area contributed by atoms with Crippen molar-refractivity contribution in [3.8, 4) is 5.75 Å². The van der Waals surface area contributed by atoms with Gasteiger partial charge in [0.15, 0.2) is 0 Å². The van der Waals surface area contributed by atoms with Gasteiger partial charge in [-0.05, 0) is 42.3 Å². The second-order valence-corrected chi connectivity index (χ2v) is 6.06. The summed E-state index contributed by atoms with van der Waals surface area (Å²) in [6, 6.07) is 15.4. The maximum atomic E-state index is 12.1. The first kappa shape index (κ1) is 17.5.